The van der Waals surface area contributed by atoms with Crippen molar-refractivity contribution in [3.05, 3.63) is 29.8 Å². The highest BCUT2D eigenvalue weighted by molar-refractivity contribution is 5.86. The zero-order valence-corrected chi connectivity index (χ0v) is 12.1. The highest BCUT2D eigenvalue weighted by atomic mass is 16.5. The second-order valence-electron chi connectivity index (χ2n) is 4.65. The summed E-state index contributed by atoms with van der Waals surface area (Å²) in [7, 11) is 1.57. The van der Waals surface area contributed by atoms with Gasteiger partial charge >= 0.3 is 5.97 Å². The largest absolute Gasteiger partial charge is 0.497 e. The Bertz CT molecular complexity index is 473. The molecule has 0 aliphatic heterocycles. The standard InChI is InChI=1S/C15H21NO4/c1-4-8-16(10-14(17)18)15(19)11(2)12-6-5-7-13(9-12)20-3/h5-7,9,11H,4,8,10H2,1-3H3,(H,17,18). The van der Waals surface area contributed by atoms with Crippen LogP contribution in [0.4, 0.5) is 0 Å². The second-order valence-corrected chi connectivity index (χ2v) is 4.65. The molecule has 0 aromatic heterocycles. The van der Waals surface area contributed by atoms with Crippen molar-refractivity contribution in [3.8, 4) is 5.75 Å². The molecular formula is C15H21NO4. The van der Waals surface area contributed by atoms with Gasteiger partial charge in [0.25, 0.3) is 0 Å². The first-order valence-electron chi connectivity index (χ1n) is 6.64. The lowest BCUT2D eigenvalue weighted by Crippen LogP contribution is -2.38. The van der Waals surface area contributed by atoms with E-state index in [1.165, 1.54) is 4.90 Å². The number of methoxy groups -OCH3 is 1. The van der Waals surface area contributed by atoms with E-state index >= 15 is 0 Å². The van der Waals surface area contributed by atoms with E-state index < -0.39 is 11.9 Å². The minimum atomic E-state index is -0.996. The summed E-state index contributed by atoms with van der Waals surface area (Å²) in [6, 6.07) is 7.27. The number of hydrogen-bond donors (Lipinski definition) is 1. The molecule has 1 N–H and O–H groups in total. The van der Waals surface area contributed by atoms with E-state index in [2.05, 4.69) is 0 Å². The smallest absolute Gasteiger partial charge is 0.323 e. The third kappa shape index (κ3) is 4.26. The molecular weight excluding hydrogens is 258 g/mol. The maximum Gasteiger partial charge on any atom is 0.323 e. The van der Waals surface area contributed by atoms with Crippen LogP contribution >= 0.6 is 0 Å². The average Bonchev–Trinajstić information content (AvgIpc) is 2.45. The van der Waals surface area contributed by atoms with Crippen molar-refractivity contribution >= 4 is 11.9 Å². The minimum Gasteiger partial charge on any atom is -0.497 e. The fourth-order valence-corrected chi connectivity index (χ4v) is 2.03. The molecule has 1 aromatic carbocycles. The van der Waals surface area contributed by atoms with Crippen LogP contribution in [0.1, 0.15) is 31.7 Å². The highest BCUT2D eigenvalue weighted by Gasteiger charge is 2.23. The number of benzene rings is 1. The predicted molar refractivity (Wildman–Crippen MR) is 75.9 cm³/mol. The van der Waals surface area contributed by atoms with Gasteiger partial charge in [0.05, 0.1) is 13.0 Å². The van der Waals surface area contributed by atoms with Crippen LogP contribution in [0, 0.1) is 0 Å². The van der Waals surface area contributed by atoms with Crippen LogP contribution in [0.2, 0.25) is 0 Å². The summed E-state index contributed by atoms with van der Waals surface area (Å²) in [6.45, 7) is 3.88. The number of carboxylic acid groups (broad SMARTS) is 1. The molecule has 0 spiro atoms. The molecule has 0 bridgehead atoms. The van der Waals surface area contributed by atoms with Gasteiger partial charge in [-0.3, -0.25) is 9.59 Å². The van der Waals surface area contributed by atoms with Crippen molar-refractivity contribution in [3.63, 3.8) is 0 Å². The van der Waals surface area contributed by atoms with Crippen LogP contribution in [0.3, 0.4) is 0 Å². The first-order chi connectivity index (χ1) is 9.49. The van der Waals surface area contributed by atoms with Gasteiger partial charge in [0.1, 0.15) is 12.3 Å². The lowest BCUT2D eigenvalue weighted by atomic mass is 9.99. The molecule has 0 fully saturated rings. The van der Waals surface area contributed by atoms with Gasteiger partial charge in [-0.15, -0.1) is 0 Å². The summed E-state index contributed by atoms with van der Waals surface area (Å²) in [5, 5.41) is 8.88. The molecule has 1 amide bonds. The first kappa shape index (κ1) is 16.0. The Morgan fingerprint density at radius 1 is 1.40 bits per heavy atom. The monoisotopic (exact) mass is 279 g/mol. The van der Waals surface area contributed by atoms with Crippen molar-refractivity contribution in [2.24, 2.45) is 0 Å². The van der Waals surface area contributed by atoms with Crippen molar-refractivity contribution < 1.29 is 19.4 Å². The SMILES string of the molecule is CCCN(CC(=O)O)C(=O)C(C)c1cccc(OC)c1. The fraction of sp³-hybridized carbons (Fsp3) is 0.467. The molecule has 1 rings (SSSR count). The molecule has 20 heavy (non-hydrogen) atoms. The van der Waals surface area contributed by atoms with Gasteiger partial charge in [-0.1, -0.05) is 19.1 Å². The molecule has 0 aliphatic carbocycles. The third-order valence-corrected chi connectivity index (χ3v) is 3.10. The summed E-state index contributed by atoms with van der Waals surface area (Å²) >= 11 is 0. The fourth-order valence-electron chi connectivity index (χ4n) is 2.03. The van der Waals surface area contributed by atoms with Gasteiger partial charge in [-0.2, -0.15) is 0 Å². The van der Waals surface area contributed by atoms with Crippen LogP contribution in [-0.4, -0.2) is 42.1 Å². The summed E-state index contributed by atoms with van der Waals surface area (Å²) < 4.78 is 5.14. The Morgan fingerprint density at radius 2 is 2.10 bits per heavy atom. The topological polar surface area (TPSA) is 66.8 Å². The number of aliphatic carboxylic acids is 1. The van der Waals surface area contributed by atoms with Gasteiger partial charge in [-0.25, -0.2) is 0 Å². The molecule has 1 aromatic rings. The van der Waals surface area contributed by atoms with Crippen molar-refractivity contribution in [1.82, 2.24) is 4.90 Å². The Labute approximate surface area is 119 Å². The lowest BCUT2D eigenvalue weighted by Gasteiger charge is -2.24. The molecule has 5 heteroatoms. The molecule has 0 saturated carbocycles. The number of amides is 1. The van der Waals surface area contributed by atoms with Crippen LogP contribution in [0.25, 0.3) is 0 Å². The second kappa shape index (κ2) is 7.53. The normalized spacial score (nSPS) is 11.8. The maximum atomic E-state index is 12.4. The Balaban J connectivity index is 2.89. The molecule has 0 radical (unpaired) electrons. The number of carboxylic acids is 1. The van der Waals surface area contributed by atoms with E-state index in [-0.39, 0.29) is 12.5 Å². The summed E-state index contributed by atoms with van der Waals surface area (Å²) in [4.78, 5) is 24.6. The summed E-state index contributed by atoms with van der Waals surface area (Å²) in [5.74, 6) is -0.884. The minimum absolute atomic E-state index is 0.178. The van der Waals surface area contributed by atoms with Crippen LogP contribution < -0.4 is 4.74 Å². The van der Waals surface area contributed by atoms with Gasteiger partial charge in [0, 0.05) is 6.54 Å². The predicted octanol–water partition coefficient (Wildman–Crippen LogP) is 2.12. The number of carbonyl (C=O) groups excluding carboxylic acids is 1. The van der Waals surface area contributed by atoms with E-state index in [4.69, 9.17) is 9.84 Å². The molecule has 1 unspecified atom stereocenters. The van der Waals surface area contributed by atoms with E-state index in [0.717, 1.165) is 12.0 Å². The van der Waals surface area contributed by atoms with Crippen molar-refractivity contribution in [2.75, 3.05) is 20.2 Å². The van der Waals surface area contributed by atoms with Gasteiger partial charge in [-0.05, 0) is 31.0 Å². The molecule has 1 atom stereocenters. The van der Waals surface area contributed by atoms with E-state index in [9.17, 15) is 9.59 Å². The molecule has 110 valence electrons. The number of carbonyl (C=O) groups is 2. The van der Waals surface area contributed by atoms with E-state index in [1.807, 2.05) is 25.1 Å². The average molecular weight is 279 g/mol. The molecule has 0 saturated heterocycles. The van der Waals surface area contributed by atoms with E-state index in [1.54, 1.807) is 20.1 Å². The first-order valence-corrected chi connectivity index (χ1v) is 6.64. The highest BCUT2D eigenvalue weighted by Crippen LogP contribution is 2.22. The number of ether oxygens (including phenoxy) is 1. The van der Waals surface area contributed by atoms with Crippen LogP contribution in [0.15, 0.2) is 24.3 Å². The Hall–Kier alpha value is -2.04. The van der Waals surface area contributed by atoms with Gasteiger partial charge in [0.15, 0.2) is 0 Å². The zero-order chi connectivity index (χ0) is 15.1. The Morgan fingerprint density at radius 3 is 2.65 bits per heavy atom. The molecule has 0 heterocycles. The number of nitrogens with zero attached hydrogens (tertiary/aromatic N) is 1. The van der Waals surface area contributed by atoms with Crippen LogP contribution in [-0.2, 0) is 9.59 Å². The summed E-state index contributed by atoms with van der Waals surface area (Å²) in [5.41, 5.74) is 0.820. The summed E-state index contributed by atoms with van der Waals surface area (Å²) in [6.07, 6.45) is 0.726. The van der Waals surface area contributed by atoms with Crippen LogP contribution in [0.5, 0.6) is 5.75 Å². The van der Waals surface area contributed by atoms with E-state index in [0.29, 0.717) is 12.3 Å². The van der Waals surface area contributed by atoms with Gasteiger partial charge in [0.2, 0.25) is 5.91 Å². The molecule has 5 nitrogen and oxygen atoms in total. The van der Waals surface area contributed by atoms with Crippen molar-refractivity contribution in [2.45, 2.75) is 26.2 Å². The maximum absolute atomic E-state index is 12.4. The van der Waals surface area contributed by atoms with Gasteiger partial charge < -0.3 is 14.7 Å². The quantitative estimate of drug-likeness (QED) is 0.830. The zero-order valence-electron chi connectivity index (χ0n) is 12.1. The lowest BCUT2D eigenvalue weighted by molar-refractivity contribution is -0.145. The third-order valence-electron chi connectivity index (χ3n) is 3.10. The Kier molecular flexibility index (Phi) is 6.03. The molecule has 0 aliphatic rings. The van der Waals surface area contributed by atoms with Crippen molar-refractivity contribution in [1.29, 1.82) is 0 Å². The number of hydrogen-bond acceptors (Lipinski definition) is 3. The number of rotatable bonds is 7.